The van der Waals surface area contributed by atoms with Crippen molar-refractivity contribution in [1.82, 2.24) is 10.6 Å². The lowest BCUT2D eigenvalue weighted by Crippen LogP contribution is -2.18. The van der Waals surface area contributed by atoms with E-state index in [4.69, 9.17) is 10.2 Å². The van der Waals surface area contributed by atoms with Crippen LogP contribution in [-0.4, -0.2) is 120 Å². The number of hydrogen-bond donors (Lipinski definition) is 4. The van der Waals surface area contributed by atoms with Crippen LogP contribution in [0.25, 0.3) is 0 Å². The molecule has 2 unspecified atom stereocenters. The fraction of sp³-hybridized carbons (Fsp3) is 0.778. The van der Waals surface area contributed by atoms with Gasteiger partial charge in [-0.3, -0.25) is 9.59 Å². The number of amides is 2. The van der Waals surface area contributed by atoms with E-state index in [1.165, 1.54) is 93.4 Å². The summed E-state index contributed by atoms with van der Waals surface area (Å²) in [5, 5.41) is 25.2. The minimum absolute atomic E-state index is 0.0602. The number of nitrogens with one attached hydrogen (secondary N) is 2. The number of carbonyl (C=O) groups excluding carboxylic acids is 2. The number of aliphatic hydroxyl groups is 2. The molecule has 228 valence electrons. The summed E-state index contributed by atoms with van der Waals surface area (Å²) in [4.78, 5) is 31.7. The smallest absolute Gasteiger partial charge is 0.280 e. The molecule has 0 aromatic rings. The molecule has 0 aliphatic rings. The van der Waals surface area contributed by atoms with Crippen LogP contribution in [0.3, 0.4) is 0 Å². The Kier molecular flexibility index (Phi) is 34.5. The van der Waals surface area contributed by atoms with Crippen LogP contribution in [0, 0.1) is 0 Å². The van der Waals surface area contributed by atoms with Gasteiger partial charge < -0.3 is 30.0 Å². The van der Waals surface area contributed by atoms with E-state index >= 15 is 0 Å². The molecule has 0 saturated heterocycles. The van der Waals surface area contributed by atoms with E-state index < -0.39 is 22.4 Å². The zero-order chi connectivity index (χ0) is 28.8. The first-order valence-corrected chi connectivity index (χ1v) is 23.6. The second kappa shape index (κ2) is 32.9. The van der Waals surface area contributed by atoms with E-state index in [9.17, 15) is 18.7 Å². The topological polar surface area (TPSA) is 169 Å². The van der Waals surface area contributed by atoms with Crippen LogP contribution in [0.1, 0.15) is 0 Å². The van der Waals surface area contributed by atoms with Crippen LogP contribution in [0.4, 0.5) is 9.59 Å². The Morgan fingerprint density at radius 2 is 1.28 bits per heavy atom. The fourth-order valence-electron chi connectivity index (χ4n) is 1.70. The highest BCUT2D eigenvalue weighted by Crippen LogP contribution is 2.17. The average molecular weight is 755 g/mol. The van der Waals surface area contributed by atoms with Gasteiger partial charge in [-0.2, -0.15) is 11.8 Å². The van der Waals surface area contributed by atoms with E-state index in [1.54, 1.807) is 23.5 Å². The largest absolute Gasteiger partial charge is 0.611 e. The second-order valence-electron chi connectivity index (χ2n) is 6.08. The number of rotatable bonds is 26. The number of hydrogen-bond acceptors (Lipinski definition) is 17. The molecule has 2 amide bonds. The molecule has 0 aliphatic heterocycles. The summed E-state index contributed by atoms with van der Waals surface area (Å²) in [6.45, 7) is 0. The predicted octanol–water partition coefficient (Wildman–Crippen LogP) is 4.12. The Morgan fingerprint density at radius 3 is 1.92 bits per heavy atom. The maximum atomic E-state index is 12.0. The van der Waals surface area contributed by atoms with Crippen molar-refractivity contribution in [3.8, 4) is 0 Å². The van der Waals surface area contributed by atoms with Crippen LogP contribution in [0.15, 0.2) is 9.98 Å². The summed E-state index contributed by atoms with van der Waals surface area (Å²) in [7, 11) is 0. The van der Waals surface area contributed by atoms with Crippen molar-refractivity contribution >= 4 is 150 Å². The Hall–Kier alpha value is 1.97. The van der Waals surface area contributed by atoms with Gasteiger partial charge in [-0.25, -0.2) is 9.98 Å². The predicted molar refractivity (Wildman–Crippen MR) is 191 cm³/mol. The third-order valence-electron chi connectivity index (χ3n) is 3.23. The first-order chi connectivity index (χ1) is 19.0. The molecule has 0 aromatic carbocycles. The molecule has 10 nitrogen and oxygen atoms in total. The van der Waals surface area contributed by atoms with Gasteiger partial charge in [0.1, 0.15) is 5.75 Å². The zero-order valence-corrected chi connectivity index (χ0v) is 29.9. The summed E-state index contributed by atoms with van der Waals surface area (Å²) < 4.78 is 23.6. The average Bonchev–Trinajstić information content (AvgIpc) is 2.92. The van der Waals surface area contributed by atoms with E-state index in [-0.39, 0.29) is 22.4 Å². The highest BCUT2D eigenvalue weighted by Gasteiger charge is 2.06. The van der Waals surface area contributed by atoms with Crippen molar-refractivity contribution in [1.29, 1.82) is 0 Å². The summed E-state index contributed by atoms with van der Waals surface area (Å²) in [5.74, 6) is 4.50. The zero-order valence-electron chi connectivity index (χ0n) is 21.0. The molecule has 0 spiro atoms. The van der Waals surface area contributed by atoms with Crippen LogP contribution in [0.2, 0.25) is 0 Å². The Morgan fingerprint density at radius 1 is 0.692 bits per heavy atom. The standard InChI is InChI=1S/C18H34N4O6S11/c23-11-32-13-34-15-37-18(26)22-8-30-5-19-9-38(27)4-3-29-1-2-36-17(25)21-7-31-6-20-10-39(28)16-35-14-33-12-24/h9-10,23-24H,1-8,11-16H2,(H,21,25)(H,22,26)/b19-9+,20-10+. The van der Waals surface area contributed by atoms with Crippen molar-refractivity contribution in [3.63, 3.8) is 0 Å². The number of aliphatic hydroxyl groups excluding tert-OH is 2. The lowest BCUT2D eigenvalue weighted by molar-refractivity contribution is 0.261. The van der Waals surface area contributed by atoms with E-state index in [0.717, 1.165) is 10.8 Å². The molecule has 21 heteroatoms. The van der Waals surface area contributed by atoms with Gasteiger partial charge in [-0.1, -0.05) is 35.3 Å². The van der Waals surface area contributed by atoms with Crippen LogP contribution < -0.4 is 10.6 Å². The molecule has 39 heavy (non-hydrogen) atoms. The molecule has 0 aliphatic carbocycles. The summed E-state index contributed by atoms with van der Waals surface area (Å²) in [6.07, 6.45) is 0. The van der Waals surface area contributed by atoms with Gasteiger partial charge >= 0.3 is 0 Å². The van der Waals surface area contributed by atoms with Gasteiger partial charge in [0.05, 0.1) is 35.4 Å². The first-order valence-electron chi connectivity index (χ1n) is 10.8. The molecule has 0 radical (unpaired) electrons. The molecule has 0 heterocycles. The van der Waals surface area contributed by atoms with Gasteiger partial charge in [-0.15, -0.1) is 58.8 Å². The number of nitrogens with zero attached hydrogens (tertiary/aromatic N) is 2. The Bertz CT molecular complexity index is 661. The lowest BCUT2D eigenvalue weighted by Gasteiger charge is -2.06. The molecule has 0 bridgehead atoms. The van der Waals surface area contributed by atoms with Crippen molar-refractivity contribution in [3.05, 3.63) is 0 Å². The van der Waals surface area contributed by atoms with Gasteiger partial charge in [0.15, 0.2) is 5.08 Å². The maximum absolute atomic E-state index is 12.0. The van der Waals surface area contributed by atoms with Crippen molar-refractivity contribution in [2.24, 2.45) is 9.98 Å². The number of carbonyl (C=O) groups is 2. The minimum Gasteiger partial charge on any atom is -0.611 e. The highest BCUT2D eigenvalue weighted by molar-refractivity contribution is 8.27. The van der Waals surface area contributed by atoms with E-state index in [2.05, 4.69) is 20.6 Å². The Balaban J connectivity index is 3.52. The van der Waals surface area contributed by atoms with Crippen molar-refractivity contribution in [2.45, 2.75) is 0 Å². The van der Waals surface area contributed by atoms with Crippen LogP contribution >= 0.6 is 106 Å². The van der Waals surface area contributed by atoms with Gasteiger partial charge in [0.25, 0.3) is 10.5 Å². The maximum Gasteiger partial charge on any atom is 0.280 e. The van der Waals surface area contributed by atoms with Crippen LogP contribution in [-0.2, 0) is 22.4 Å². The minimum atomic E-state index is -1.14. The molecular weight excluding hydrogens is 721 g/mol. The number of aliphatic imine (C=N–C) groups is 2. The number of thioether (sulfide) groups is 9. The second-order valence-corrected chi connectivity index (χ2v) is 19.2. The molecule has 0 aromatic heterocycles. The molecule has 0 saturated carbocycles. The molecule has 4 N–H and O–H groups in total. The fourth-order valence-corrected chi connectivity index (χ4v) is 11.3. The van der Waals surface area contributed by atoms with Gasteiger partial charge in [-0.05, 0) is 11.2 Å². The third-order valence-corrected chi connectivity index (χ3v) is 14.5. The summed E-state index contributed by atoms with van der Waals surface area (Å²) in [6, 6.07) is 0. The molecule has 2 atom stereocenters. The summed E-state index contributed by atoms with van der Waals surface area (Å²) in [5.41, 5.74) is 2.86. The van der Waals surface area contributed by atoms with E-state index in [1.807, 2.05) is 0 Å². The lowest BCUT2D eigenvalue weighted by atomic mass is 10.9. The monoisotopic (exact) mass is 754 g/mol. The van der Waals surface area contributed by atoms with Crippen molar-refractivity contribution in [2.75, 3.05) is 78.7 Å². The third kappa shape index (κ3) is 32.7. The van der Waals surface area contributed by atoms with Crippen molar-refractivity contribution < 1.29 is 28.9 Å². The van der Waals surface area contributed by atoms with Gasteiger partial charge in [0, 0.05) is 43.7 Å². The highest BCUT2D eigenvalue weighted by atomic mass is 32.3. The SMILES string of the molecule is O=C(NCSC/N=C/[S+]([O-])CSCSCO)SCCSCC[S+]([O-])/C=N/CSCNC(=O)SCSCSCO. The quantitative estimate of drug-likeness (QED) is 0.0327. The van der Waals surface area contributed by atoms with Gasteiger partial charge in [0.2, 0.25) is 11.1 Å². The summed E-state index contributed by atoms with van der Waals surface area (Å²) >= 11 is 10.4. The molecule has 0 fully saturated rings. The normalized spacial score (nSPS) is 13.2. The van der Waals surface area contributed by atoms with E-state index in [0.29, 0.717) is 56.0 Å². The van der Waals surface area contributed by atoms with Crippen LogP contribution in [0.5, 0.6) is 0 Å². The molecule has 0 rings (SSSR count). The Labute approximate surface area is 275 Å². The molecular formula is C18H34N4O6S11. The first kappa shape index (κ1) is 41.0.